The van der Waals surface area contributed by atoms with E-state index >= 15 is 0 Å². The number of benzene rings is 1. The summed E-state index contributed by atoms with van der Waals surface area (Å²) in [5.74, 6) is 0.451. The van der Waals surface area contributed by atoms with Crippen LogP contribution >= 0.6 is 0 Å². The van der Waals surface area contributed by atoms with Gasteiger partial charge in [0.15, 0.2) is 6.10 Å². The van der Waals surface area contributed by atoms with Crippen molar-refractivity contribution in [2.45, 2.75) is 25.5 Å². The summed E-state index contributed by atoms with van der Waals surface area (Å²) < 4.78 is 10.2. The molecule has 16 heavy (non-hydrogen) atoms. The van der Waals surface area contributed by atoms with Gasteiger partial charge in [-0.25, -0.2) is 4.79 Å². The summed E-state index contributed by atoms with van der Waals surface area (Å²) in [7, 11) is 1.37. The summed E-state index contributed by atoms with van der Waals surface area (Å²) in [4.78, 5) is 11.3. The molecule has 1 aromatic carbocycles. The molecular formula is C12H15NO3. The lowest BCUT2D eigenvalue weighted by Gasteiger charge is -2.24. The first-order valence-electron chi connectivity index (χ1n) is 5.31. The third-order valence-corrected chi connectivity index (χ3v) is 2.77. The Morgan fingerprint density at radius 3 is 3.12 bits per heavy atom. The van der Waals surface area contributed by atoms with Gasteiger partial charge in [-0.1, -0.05) is 12.1 Å². The largest absolute Gasteiger partial charge is 0.478 e. The molecule has 0 saturated heterocycles. The van der Waals surface area contributed by atoms with E-state index in [0.717, 1.165) is 23.3 Å². The van der Waals surface area contributed by atoms with E-state index in [4.69, 9.17) is 10.5 Å². The van der Waals surface area contributed by atoms with E-state index in [1.54, 1.807) is 0 Å². The molecule has 4 nitrogen and oxygen atoms in total. The first kappa shape index (κ1) is 11.0. The number of carbonyl (C=O) groups excluding carboxylic acids is 1. The Kier molecular flexibility index (Phi) is 3.10. The van der Waals surface area contributed by atoms with E-state index in [-0.39, 0.29) is 5.97 Å². The van der Waals surface area contributed by atoms with Crippen LogP contribution in [0.1, 0.15) is 17.5 Å². The summed E-state index contributed by atoms with van der Waals surface area (Å²) >= 11 is 0. The second-order valence-electron chi connectivity index (χ2n) is 3.81. The Balaban J connectivity index is 2.18. The van der Waals surface area contributed by atoms with Crippen LogP contribution in [-0.2, 0) is 22.5 Å². The molecule has 1 aliphatic heterocycles. The third-order valence-electron chi connectivity index (χ3n) is 2.77. The molecule has 1 atom stereocenters. The number of hydrogen-bond acceptors (Lipinski definition) is 4. The fourth-order valence-electron chi connectivity index (χ4n) is 1.87. The first-order chi connectivity index (χ1) is 7.74. The van der Waals surface area contributed by atoms with Gasteiger partial charge < -0.3 is 15.2 Å². The number of nitrogens with two attached hydrogens (primary N) is 1. The molecular weight excluding hydrogens is 206 g/mol. The second-order valence-corrected chi connectivity index (χ2v) is 3.81. The Bertz CT molecular complexity index is 403. The van der Waals surface area contributed by atoms with Crippen molar-refractivity contribution >= 4 is 5.97 Å². The molecule has 2 rings (SSSR count). The van der Waals surface area contributed by atoms with Crippen molar-refractivity contribution in [3.8, 4) is 5.75 Å². The van der Waals surface area contributed by atoms with Gasteiger partial charge in [0, 0.05) is 6.54 Å². The van der Waals surface area contributed by atoms with Crippen molar-refractivity contribution in [2.24, 2.45) is 5.73 Å². The predicted molar refractivity (Wildman–Crippen MR) is 59.1 cm³/mol. The fraction of sp³-hybridized carbons (Fsp3) is 0.417. The summed E-state index contributed by atoms with van der Waals surface area (Å²) in [6.07, 6.45) is 1.01. The first-order valence-corrected chi connectivity index (χ1v) is 5.31. The lowest BCUT2D eigenvalue weighted by atomic mass is 10.00. The second kappa shape index (κ2) is 4.53. The fourth-order valence-corrected chi connectivity index (χ4v) is 1.87. The summed E-state index contributed by atoms with van der Waals surface area (Å²) in [6, 6.07) is 5.81. The molecule has 0 aliphatic carbocycles. The summed E-state index contributed by atoms with van der Waals surface area (Å²) in [5, 5.41) is 0. The zero-order valence-corrected chi connectivity index (χ0v) is 9.23. The lowest BCUT2D eigenvalue weighted by molar-refractivity contribution is -0.149. The highest BCUT2D eigenvalue weighted by Gasteiger charge is 2.26. The van der Waals surface area contributed by atoms with Crippen LogP contribution in [0.4, 0.5) is 0 Å². The van der Waals surface area contributed by atoms with Gasteiger partial charge in [0.05, 0.1) is 7.11 Å². The summed E-state index contributed by atoms with van der Waals surface area (Å²) in [6.45, 7) is 0.522. The minimum atomic E-state index is -0.471. The number of hydrogen-bond donors (Lipinski definition) is 1. The van der Waals surface area contributed by atoms with E-state index in [2.05, 4.69) is 4.74 Å². The topological polar surface area (TPSA) is 61.5 Å². The number of carbonyl (C=O) groups is 1. The molecule has 4 heteroatoms. The number of ether oxygens (including phenoxy) is 2. The van der Waals surface area contributed by atoms with E-state index in [0.29, 0.717) is 13.0 Å². The smallest absolute Gasteiger partial charge is 0.347 e. The van der Waals surface area contributed by atoms with Crippen LogP contribution < -0.4 is 10.5 Å². The third kappa shape index (κ3) is 2.02. The van der Waals surface area contributed by atoms with E-state index in [1.165, 1.54) is 7.11 Å². The average molecular weight is 221 g/mol. The predicted octanol–water partition coefficient (Wildman–Crippen LogP) is 1.01. The Morgan fingerprint density at radius 1 is 1.62 bits per heavy atom. The van der Waals surface area contributed by atoms with Gasteiger partial charge >= 0.3 is 5.97 Å². The molecule has 0 bridgehead atoms. The van der Waals surface area contributed by atoms with Crippen LogP contribution in [0.25, 0.3) is 0 Å². The molecule has 1 heterocycles. The van der Waals surface area contributed by atoms with E-state index in [9.17, 15) is 4.79 Å². The zero-order chi connectivity index (χ0) is 11.5. The molecule has 86 valence electrons. The highest BCUT2D eigenvalue weighted by Crippen LogP contribution is 2.28. The van der Waals surface area contributed by atoms with E-state index in [1.807, 2.05) is 18.2 Å². The van der Waals surface area contributed by atoms with Crippen molar-refractivity contribution in [2.75, 3.05) is 7.11 Å². The standard InChI is InChI=1S/C12H15NO3/c1-15-12(14)11-5-3-9-6-8(7-13)2-4-10(9)16-11/h2,4,6,11H,3,5,7,13H2,1H3/t11-/m1/s1. The average Bonchev–Trinajstić information content (AvgIpc) is 2.36. The van der Waals surface area contributed by atoms with Gasteiger partial charge in [-0.2, -0.15) is 0 Å². The lowest BCUT2D eigenvalue weighted by Crippen LogP contribution is -2.32. The minimum Gasteiger partial charge on any atom is -0.478 e. The maximum absolute atomic E-state index is 11.3. The number of esters is 1. The van der Waals surface area contributed by atoms with Crippen molar-refractivity contribution in [1.82, 2.24) is 0 Å². The maximum Gasteiger partial charge on any atom is 0.347 e. The summed E-state index contributed by atoms with van der Waals surface area (Å²) in [5.41, 5.74) is 7.76. The normalized spacial score (nSPS) is 18.5. The van der Waals surface area contributed by atoms with Gasteiger partial charge in [-0.15, -0.1) is 0 Å². The Hall–Kier alpha value is -1.55. The number of fused-ring (bicyclic) bond motifs is 1. The van der Waals surface area contributed by atoms with Crippen molar-refractivity contribution in [3.05, 3.63) is 29.3 Å². The monoisotopic (exact) mass is 221 g/mol. The molecule has 0 spiro atoms. The van der Waals surface area contributed by atoms with Crippen molar-refractivity contribution in [3.63, 3.8) is 0 Å². The molecule has 2 N–H and O–H groups in total. The number of rotatable bonds is 2. The van der Waals surface area contributed by atoms with Crippen LogP contribution in [0, 0.1) is 0 Å². The minimum absolute atomic E-state index is 0.312. The van der Waals surface area contributed by atoms with Gasteiger partial charge in [-0.3, -0.25) is 0 Å². The number of methoxy groups -OCH3 is 1. The molecule has 1 aromatic rings. The van der Waals surface area contributed by atoms with Crippen molar-refractivity contribution < 1.29 is 14.3 Å². The quantitative estimate of drug-likeness (QED) is 0.757. The SMILES string of the molecule is COC(=O)[C@H]1CCc2cc(CN)ccc2O1. The van der Waals surface area contributed by atoms with Gasteiger partial charge in [0.2, 0.25) is 0 Å². The molecule has 0 unspecified atom stereocenters. The Labute approximate surface area is 94.3 Å². The molecule has 0 fully saturated rings. The molecule has 0 radical (unpaired) electrons. The molecule has 0 amide bonds. The molecule has 0 aromatic heterocycles. The highest BCUT2D eigenvalue weighted by molar-refractivity contribution is 5.75. The zero-order valence-electron chi connectivity index (χ0n) is 9.23. The van der Waals surface area contributed by atoms with Gasteiger partial charge in [-0.05, 0) is 30.0 Å². The van der Waals surface area contributed by atoms with Gasteiger partial charge in [0.1, 0.15) is 5.75 Å². The number of aryl methyl sites for hydroxylation is 1. The van der Waals surface area contributed by atoms with E-state index < -0.39 is 6.10 Å². The Morgan fingerprint density at radius 2 is 2.44 bits per heavy atom. The van der Waals surface area contributed by atoms with Gasteiger partial charge in [0.25, 0.3) is 0 Å². The maximum atomic E-state index is 11.3. The van der Waals surface area contributed by atoms with Crippen molar-refractivity contribution in [1.29, 1.82) is 0 Å². The van der Waals surface area contributed by atoms with Crippen LogP contribution in [0.2, 0.25) is 0 Å². The molecule has 0 saturated carbocycles. The van der Waals surface area contributed by atoms with Crippen LogP contribution in [-0.4, -0.2) is 19.2 Å². The highest BCUT2D eigenvalue weighted by atomic mass is 16.6. The van der Waals surface area contributed by atoms with Crippen LogP contribution in [0.5, 0.6) is 5.75 Å². The molecule has 1 aliphatic rings. The van der Waals surface area contributed by atoms with Crippen LogP contribution in [0.3, 0.4) is 0 Å². The van der Waals surface area contributed by atoms with Crippen LogP contribution in [0.15, 0.2) is 18.2 Å².